The highest BCUT2D eigenvalue weighted by molar-refractivity contribution is 5.82. The van der Waals surface area contributed by atoms with Gasteiger partial charge in [-0.15, -0.1) is 0 Å². The average molecular weight is 252 g/mol. The number of carbonyl (C=O) groups excluding carboxylic acids is 1. The summed E-state index contributed by atoms with van der Waals surface area (Å²) in [6.07, 6.45) is 6.91. The van der Waals surface area contributed by atoms with E-state index < -0.39 is 0 Å². The van der Waals surface area contributed by atoms with Gasteiger partial charge >= 0.3 is 0 Å². The molecule has 0 aromatic rings. The predicted molar refractivity (Wildman–Crippen MR) is 74.3 cm³/mol. The van der Waals surface area contributed by atoms with E-state index in [1.165, 1.54) is 19.3 Å². The van der Waals surface area contributed by atoms with Gasteiger partial charge in [0.2, 0.25) is 5.91 Å². The van der Waals surface area contributed by atoms with Crippen LogP contribution in [-0.2, 0) is 4.79 Å². The first-order chi connectivity index (χ1) is 8.62. The Bertz CT molecular complexity index is 276. The number of nitrogens with one attached hydrogen (secondary N) is 2. The van der Waals surface area contributed by atoms with E-state index >= 15 is 0 Å². The van der Waals surface area contributed by atoms with E-state index in [0.717, 1.165) is 38.9 Å². The van der Waals surface area contributed by atoms with Crippen molar-refractivity contribution in [2.45, 2.75) is 52.4 Å². The van der Waals surface area contributed by atoms with Crippen molar-refractivity contribution in [2.75, 3.05) is 19.6 Å². The summed E-state index contributed by atoms with van der Waals surface area (Å²) in [5.74, 6) is 1.59. The fraction of sp³-hybridized carbons (Fsp3) is 0.933. The van der Waals surface area contributed by atoms with Gasteiger partial charge in [0.15, 0.2) is 0 Å². The van der Waals surface area contributed by atoms with Gasteiger partial charge in [-0.2, -0.15) is 0 Å². The normalized spacial score (nSPS) is 26.7. The second-order valence-electron chi connectivity index (χ2n) is 6.65. The summed E-state index contributed by atoms with van der Waals surface area (Å²) in [7, 11) is 0. The molecule has 1 saturated carbocycles. The molecule has 1 heterocycles. The smallest absolute Gasteiger partial charge is 0.226 e. The van der Waals surface area contributed by atoms with Crippen molar-refractivity contribution >= 4 is 5.91 Å². The Morgan fingerprint density at radius 3 is 2.67 bits per heavy atom. The molecule has 2 aliphatic rings. The van der Waals surface area contributed by atoms with Gasteiger partial charge < -0.3 is 10.6 Å². The van der Waals surface area contributed by atoms with Crippen LogP contribution in [0.25, 0.3) is 0 Å². The summed E-state index contributed by atoms with van der Waals surface area (Å²) in [6.45, 7) is 7.50. The van der Waals surface area contributed by atoms with Crippen molar-refractivity contribution in [2.24, 2.45) is 17.3 Å². The first-order valence-electron chi connectivity index (χ1n) is 7.61. The Hall–Kier alpha value is -0.570. The van der Waals surface area contributed by atoms with E-state index in [2.05, 4.69) is 24.5 Å². The number of amides is 1. The fourth-order valence-electron chi connectivity index (χ4n) is 3.67. The van der Waals surface area contributed by atoms with Crippen LogP contribution in [0.2, 0.25) is 0 Å². The Morgan fingerprint density at radius 2 is 2.11 bits per heavy atom. The molecule has 0 spiro atoms. The van der Waals surface area contributed by atoms with Crippen molar-refractivity contribution in [1.82, 2.24) is 10.6 Å². The first-order valence-corrected chi connectivity index (χ1v) is 7.61. The Balaban J connectivity index is 1.87. The molecule has 1 atom stereocenters. The molecule has 1 amide bonds. The van der Waals surface area contributed by atoms with Crippen LogP contribution < -0.4 is 10.6 Å². The van der Waals surface area contributed by atoms with Gasteiger partial charge in [-0.1, -0.05) is 26.7 Å². The Kier molecular flexibility index (Phi) is 4.66. The zero-order valence-corrected chi connectivity index (χ0v) is 11.9. The van der Waals surface area contributed by atoms with E-state index in [0.29, 0.717) is 17.7 Å². The number of rotatable bonds is 5. The second-order valence-corrected chi connectivity index (χ2v) is 6.65. The van der Waals surface area contributed by atoms with Crippen LogP contribution >= 0.6 is 0 Å². The third-order valence-electron chi connectivity index (χ3n) is 4.55. The van der Waals surface area contributed by atoms with Gasteiger partial charge in [0.25, 0.3) is 0 Å². The standard InChI is InChI=1S/C15H28N2O/c1-12(2)9-15(6-3-4-7-15)14(18)17-11-13-5-8-16-10-13/h12-13,16H,3-11H2,1-2H3,(H,17,18). The zero-order valence-electron chi connectivity index (χ0n) is 11.9. The monoisotopic (exact) mass is 252 g/mol. The molecule has 1 aliphatic heterocycles. The van der Waals surface area contributed by atoms with Crippen LogP contribution in [0.1, 0.15) is 52.4 Å². The summed E-state index contributed by atoms with van der Waals surface area (Å²) >= 11 is 0. The molecule has 0 aromatic heterocycles. The molecule has 1 unspecified atom stereocenters. The predicted octanol–water partition coefficient (Wildman–Crippen LogP) is 2.32. The lowest BCUT2D eigenvalue weighted by Crippen LogP contribution is -2.42. The van der Waals surface area contributed by atoms with Crippen LogP contribution in [-0.4, -0.2) is 25.5 Å². The van der Waals surface area contributed by atoms with E-state index in [1.807, 2.05) is 0 Å². The lowest BCUT2D eigenvalue weighted by atomic mass is 9.77. The minimum absolute atomic E-state index is 0.0415. The van der Waals surface area contributed by atoms with E-state index in [4.69, 9.17) is 0 Å². The van der Waals surface area contributed by atoms with E-state index in [1.54, 1.807) is 0 Å². The zero-order chi connectivity index (χ0) is 13.0. The summed E-state index contributed by atoms with van der Waals surface area (Å²) < 4.78 is 0. The highest BCUT2D eigenvalue weighted by atomic mass is 16.2. The van der Waals surface area contributed by atoms with Gasteiger partial charge in [0.05, 0.1) is 0 Å². The van der Waals surface area contributed by atoms with Crippen molar-refractivity contribution in [3.63, 3.8) is 0 Å². The lowest BCUT2D eigenvalue weighted by molar-refractivity contribution is -0.132. The Morgan fingerprint density at radius 1 is 1.39 bits per heavy atom. The maximum atomic E-state index is 12.5. The molecule has 2 N–H and O–H groups in total. The van der Waals surface area contributed by atoms with Crippen LogP contribution in [0.5, 0.6) is 0 Å². The summed E-state index contributed by atoms with van der Waals surface area (Å²) in [5, 5.41) is 6.59. The van der Waals surface area contributed by atoms with E-state index in [9.17, 15) is 4.79 Å². The summed E-state index contributed by atoms with van der Waals surface area (Å²) in [6, 6.07) is 0. The van der Waals surface area contributed by atoms with Crippen molar-refractivity contribution in [1.29, 1.82) is 0 Å². The lowest BCUT2D eigenvalue weighted by Gasteiger charge is -2.30. The minimum Gasteiger partial charge on any atom is -0.355 e. The Labute approximate surface area is 111 Å². The quantitative estimate of drug-likeness (QED) is 0.788. The second kappa shape index (κ2) is 6.05. The van der Waals surface area contributed by atoms with E-state index in [-0.39, 0.29) is 5.41 Å². The molecule has 1 aliphatic carbocycles. The maximum absolute atomic E-state index is 12.5. The van der Waals surface area contributed by atoms with Gasteiger partial charge in [-0.05, 0) is 50.6 Å². The molecule has 2 fully saturated rings. The van der Waals surface area contributed by atoms with Crippen molar-refractivity contribution < 1.29 is 4.79 Å². The number of carbonyl (C=O) groups is 1. The molecule has 0 aromatic carbocycles. The van der Waals surface area contributed by atoms with Crippen LogP contribution in [0.3, 0.4) is 0 Å². The fourth-order valence-corrected chi connectivity index (χ4v) is 3.67. The third kappa shape index (κ3) is 3.25. The average Bonchev–Trinajstić information content (AvgIpc) is 2.96. The maximum Gasteiger partial charge on any atom is 0.226 e. The van der Waals surface area contributed by atoms with Gasteiger partial charge in [-0.3, -0.25) is 4.79 Å². The molecule has 18 heavy (non-hydrogen) atoms. The number of hydrogen-bond donors (Lipinski definition) is 2. The molecule has 0 radical (unpaired) electrons. The van der Waals surface area contributed by atoms with Crippen LogP contribution in [0.4, 0.5) is 0 Å². The molecule has 2 rings (SSSR count). The molecule has 104 valence electrons. The SMILES string of the molecule is CC(C)CC1(C(=O)NCC2CCNC2)CCCC1. The molecule has 3 heteroatoms. The van der Waals surface area contributed by atoms with Crippen molar-refractivity contribution in [3.05, 3.63) is 0 Å². The van der Waals surface area contributed by atoms with Crippen LogP contribution in [0, 0.1) is 17.3 Å². The largest absolute Gasteiger partial charge is 0.355 e. The molecular weight excluding hydrogens is 224 g/mol. The third-order valence-corrected chi connectivity index (χ3v) is 4.55. The van der Waals surface area contributed by atoms with Crippen LogP contribution in [0.15, 0.2) is 0 Å². The molecule has 0 bridgehead atoms. The molecular formula is C15H28N2O. The molecule has 3 nitrogen and oxygen atoms in total. The number of hydrogen-bond acceptors (Lipinski definition) is 2. The highest BCUT2D eigenvalue weighted by Crippen LogP contribution is 2.43. The summed E-state index contributed by atoms with van der Waals surface area (Å²) in [5.41, 5.74) is -0.0415. The van der Waals surface area contributed by atoms with Gasteiger partial charge in [0.1, 0.15) is 0 Å². The van der Waals surface area contributed by atoms with Gasteiger partial charge in [0, 0.05) is 12.0 Å². The van der Waals surface area contributed by atoms with Crippen molar-refractivity contribution in [3.8, 4) is 0 Å². The van der Waals surface area contributed by atoms with Gasteiger partial charge in [-0.25, -0.2) is 0 Å². The molecule has 1 saturated heterocycles. The summed E-state index contributed by atoms with van der Waals surface area (Å²) in [4.78, 5) is 12.5. The minimum atomic E-state index is -0.0415. The first kappa shape index (κ1) is 13.9. The topological polar surface area (TPSA) is 41.1 Å². The highest BCUT2D eigenvalue weighted by Gasteiger charge is 2.41.